The topological polar surface area (TPSA) is 69.4 Å². The molecule has 0 saturated heterocycles. The largest absolute Gasteiger partial charge is 0.495 e. The van der Waals surface area contributed by atoms with Gasteiger partial charge in [0.2, 0.25) is 10.0 Å². The third-order valence-corrected chi connectivity index (χ3v) is 3.56. The van der Waals surface area contributed by atoms with Crippen molar-refractivity contribution in [2.75, 3.05) is 7.11 Å². The molecule has 0 bridgehead atoms. The fourth-order valence-corrected chi connectivity index (χ4v) is 2.47. The number of nitrogens with two attached hydrogens (primary N) is 1. The highest BCUT2D eigenvalue weighted by Gasteiger charge is 2.16. The Labute approximate surface area is 110 Å². The van der Waals surface area contributed by atoms with Crippen LogP contribution >= 0.6 is 0 Å². The van der Waals surface area contributed by atoms with Crippen molar-refractivity contribution < 1.29 is 17.5 Å². The summed E-state index contributed by atoms with van der Waals surface area (Å²) in [6.07, 6.45) is 0. The number of primary sulfonamides is 1. The monoisotopic (exact) mass is 281 g/mol. The molecule has 0 radical (unpaired) electrons. The molecule has 4 nitrogen and oxygen atoms in total. The molecule has 0 spiro atoms. The van der Waals surface area contributed by atoms with E-state index >= 15 is 0 Å². The van der Waals surface area contributed by atoms with Crippen molar-refractivity contribution >= 4 is 10.0 Å². The molecular formula is C13H12FNO3S. The van der Waals surface area contributed by atoms with Crippen LogP contribution in [-0.2, 0) is 10.0 Å². The Morgan fingerprint density at radius 2 is 1.79 bits per heavy atom. The van der Waals surface area contributed by atoms with Crippen LogP contribution in [0.15, 0.2) is 47.4 Å². The lowest BCUT2D eigenvalue weighted by Crippen LogP contribution is -2.13. The zero-order chi connectivity index (χ0) is 14.0. The van der Waals surface area contributed by atoms with E-state index in [-0.39, 0.29) is 10.6 Å². The maximum absolute atomic E-state index is 13.2. The molecule has 0 amide bonds. The summed E-state index contributed by atoms with van der Waals surface area (Å²) >= 11 is 0. The van der Waals surface area contributed by atoms with E-state index in [0.717, 1.165) is 0 Å². The third-order valence-electron chi connectivity index (χ3n) is 2.63. The van der Waals surface area contributed by atoms with Crippen LogP contribution in [-0.4, -0.2) is 15.5 Å². The minimum Gasteiger partial charge on any atom is -0.495 e. The van der Waals surface area contributed by atoms with Gasteiger partial charge in [-0.05, 0) is 35.4 Å². The minimum atomic E-state index is -3.90. The van der Waals surface area contributed by atoms with E-state index in [2.05, 4.69) is 0 Å². The number of benzene rings is 2. The lowest BCUT2D eigenvalue weighted by Gasteiger charge is -2.09. The highest BCUT2D eigenvalue weighted by Crippen LogP contribution is 2.29. The van der Waals surface area contributed by atoms with Crippen LogP contribution in [0.1, 0.15) is 0 Å². The molecule has 2 rings (SSSR count). The molecule has 0 saturated carbocycles. The Bertz CT molecular complexity index is 714. The number of hydrogen-bond acceptors (Lipinski definition) is 3. The minimum absolute atomic E-state index is 0.128. The normalized spacial score (nSPS) is 11.3. The van der Waals surface area contributed by atoms with Gasteiger partial charge in [0.15, 0.2) is 0 Å². The van der Waals surface area contributed by atoms with Crippen LogP contribution < -0.4 is 9.88 Å². The Morgan fingerprint density at radius 1 is 1.11 bits per heavy atom. The van der Waals surface area contributed by atoms with Gasteiger partial charge in [0.25, 0.3) is 0 Å². The first-order valence-electron chi connectivity index (χ1n) is 5.38. The summed E-state index contributed by atoms with van der Waals surface area (Å²) in [5.74, 6) is -0.242. The lowest BCUT2D eigenvalue weighted by atomic mass is 10.1. The molecule has 19 heavy (non-hydrogen) atoms. The van der Waals surface area contributed by atoms with Crippen molar-refractivity contribution in [2.24, 2.45) is 5.14 Å². The van der Waals surface area contributed by atoms with Crippen LogP contribution in [0.25, 0.3) is 11.1 Å². The maximum Gasteiger partial charge on any atom is 0.241 e. The molecule has 0 atom stereocenters. The number of hydrogen-bond donors (Lipinski definition) is 1. The standard InChI is InChI=1S/C13H12FNO3S/c1-18-12-6-5-10(8-13(12)19(15,16)17)9-3-2-4-11(14)7-9/h2-8H,1H3,(H2,15,16,17). The van der Waals surface area contributed by atoms with Crippen molar-refractivity contribution in [3.8, 4) is 16.9 Å². The Hall–Kier alpha value is -1.92. The van der Waals surface area contributed by atoms with E-state index in [1.165, 1.54) is 31.4 Å². The lowest BCUT2D eigenvalue weighted by molar-refractivity contribution is 0.403. The van der Waals surface area contributed by atoms with Gasteiger partial charge >= 0.3 is 0 Å². The van der Waals surface area contributed by atoms with Crippen molar-refractivity contribution in [1.82, 2.24) is 0 Å². The summed E-state index contributed by atoms with van der Waals surface area (Å²) in [5.41, 5.74) is 1.11. The molecule has 2 aromatic carbocycles. The van der Waals surface area contributed by atoms with E-state index in [1.807, 2.05) is 0 Å². The zero-order valence-electron chi connectivity index (χ0n) is 10.1. The maximum atomic E-state index is 13.2. The fraction of sp³-hybridized carbons (Fsp3) is 0.0769. The van der Waals surface area contributed by atoms with Gasteiger partial charge in [0.1, 0.15) is 16.5 Å². The molecule has 0 aliphatic carbocycles. The van der Waals surface area contributed by atoms with Gasteiger partial charge in [-0.3, -0.25) is 0 Å². The average Bonchev–Trinajstić information content (AvgIpc) is 2.37. The van der Waals surface area contributed by atoms with E-state index in [1.54, 1.807) is 18.2 Å². The predicted octanol–water partition coefficient (Wildman–Crippen LogP) is 2.15. The molecule has 0 aliphatic heterocycles. The molecule has 0 fully saturated rings. The van der Waals surface area contributed by atoms with Crippen molar-refractivity contribution in [3.63, 3.8) is 0 Å². The molecule has 2 aromatic rings. The number of methoxy groups -OCH3 is 1. The molecule has 6 heteroatoms. The smallest absolute Gasteiger partial charge is 0.241 e. The van der Waals surface area contributed by atoms with Gasteiger partial charge in [-0.1, -0.05) is 18.2 Å². The number of sulfonamides is 1. The number of halogens is 1. The van der Waals surface area contributed by atoms with E-state index in [4.69, 9.17) is 9.88 Å². The summed E-state index contributed by atoms with van der Waals surface area (Å²) in [4.78, 5) is -0.128. The Morgan fingerprint density at radius 3 is 2.37 bits per heavy atom. The van der Waals surface area contributed by atoms with Crippen LogP contribution in [0.4, 0.5) is 4.39 Å². The Balaban J connectivity index is 2.62. The van der Waals surface area contributed by atoms with E-state index in [9.17, 15) is 12.8 Å². The molecule has 0 unspecified atom stereocenters. The summed E-state index contributed by atoms with van der Waals surface area (Å²) in [5, 5.41) is 5.13. The molecule has 0 aromatic heterocycles. The second-order valence-corrected chi connectivity index (χ2v) is 5.45. The van der Waals surface area contributed by atoms with Crippen LogP contribution in [0.5, 0.6) is 5.75 Å². The molecule has 100 valence electrons. The molecule has 0 aliphatic rings. The first kappa shape index (κ1) is 13.5. The van der Waals surface area contributed by atoms with Crippen LogP contribution in [0, 0.1) is 5.82 Å². The predicted molar refractivity (Wildman–Crippen MR) is 69.8 cm³/mol. The SMILES string of the molecule is COc1ccc(-c2cccc(F)c2)cc1S(N)(=O)=O. The highest BCUT2D eigenvalue weighted by atomic mass is 32.2. The first-order valence-corrected chi connectivity index (χ1v) is 6.93. The molecular weight excluding hydrogens is 269 g/mol. The summed E-state index contributed by atoms with van der Waals surface area (Å²) in [6.45, 7) is 0. The summed E-state index contributed by atoms with van der Waals surface area (Å²) in [7, 11) is -2.55. The number of rotatable bonds is 3. The first-order chi connectivity index (χ1) is 8.91. The quantitative estimate of drug-likeness (QED) is 0.937. The van der Waals surface area contributed by atoms with Crippen molar-refractivity contribution in [1.29, 1.82) is 0 Å². The van der Waals surface area contributed by atoms with Gasteiger partial charge in [-0.25, -0.2) is 17.9 Å². The van der Waals surface area contributed by atoms with Gasteiger partial charge < -0.3 is 4.74 Å². The summed E-state index contributed by atoms with van der Waals surface area (Å²) < 4.78 is 41.1. The van der Waals surface area contributed by atoms with Crippen LogP contribution in [0.2, 0.25) is 0 Å². The fourth-order valence-electron chi connectivity index (χ4n) is 1.75. The average molecular weight is 281 g/mol. The van der Waals surface area contributed by atoms with Crippen molar-refractivity contribution in [2.45, 2.75) is 4.90 Å². The van der Waals surface area contributed by atoms with Gasteiger partial charge in [-0.2, -0.15) is 0 Å². The number of ether oxygens (including phenoxy) is 1. The van der Waals surface area contributed by atoms with Crippen molar-refractivity contribution in [3.05, 3.63) is 48.3 Å². The van der Waals surface area contributed by atoms with Gasteiger partial charge in [0, 0.05) is 0 Å². The molecule has 2 N–H and O–H groups in total. The van der Waals surface area contributed by atoms with Crippen LogP contribution in [0.3, 0.4) is 0 Å². The summed E-state index contributed by atoms with van der Waals surface area (Å²) in [6, 6.07) is 10.3. The van der Waals surface area contributed by atoms with E-state index in [0.29, 0.717) is 11.1 Å². The third kappa shape index (κ3) is 2.91. The van der Waals surface area contributed by atoms with E-state index < -0.39 is 15.8 Å². The zero-order valence-corrected chi connectivity index (χ0v) is 10.9. The van der Waals surface area contributed by atoms with Gasteiger partial charge in [-0.15, -0.1) is 0 Å². The molecule has 0 heterocycles. The second kappa shape index (κ2) is 4.99. The Kier molecular flexibility index (Phi) is 3.55. The highest BCUT2D eigenvalue weighted by molar-refractivity contribution is 7.89. The second-order valence-electron chi connectivity index (χ2n) is 3.92. The van der Waals surface area contributed by atoms with Gasteiger partial charge in [0.05, 0.1) is 7.11 Å².